The Hall–Kier alpha value is -0.0831. The summed E-state index contributed by atoms with van der Waals surface area (Å²) >= 11 is 0. The van der Waals surface area contributed by atoms with Gasteiger partial charge in [-0.1, -0.05) is 89.1 Å². The summed E-state index contributed by atoms with van der Waals surface area (Å²) in [6, 6.07) is 2.81. The van der Waals surface area contributed by atoms with Gasteiger partial charge in [0.05, 0.1) is 8.07 Å². The van der Waals surface area contributed by atoms with Gasteiger partial charge in [-0.2, -0.15) is 0 Å². The van der Waals surface area contributed by atoms with Gasteiger partial charge in [0.25, 0.3) is 0 Å². The molecule has 0 amide bonds. The van der Waals surface area contributed by atoms with Crippen molar-refractivity contribution in [2.75, 3.05) is 19.3 Å². The predicted molar refractivity (Wildman–Crippen MR) is 104 cm³/mol. The Bertz CT molecular complexity index is 269. The highest BCUT2D eigenvalue weighted by molar-refractivity contribution is 6.84. The van der Waals surface area contributed by atoms with Crippen LogP contribution in [0.4, 0.5) is 0 Å². The number of hydrogen-bond acceptors (Lipinski definition) is 1. The molecule has 22 heavy (non-hydrogen) atoms. The molecule has 0 aliphatic carbocycles. The normalized spacial score (nSPS) is 21.2. The van der Waals surface area contributed by atoms with Gasteiger partial charge in [-0.15, -0.1) is 0 Å². The summed E-state index contributed by atoms with van der Waals surface area (Å²) in [7, 11) is -1.19. The second-order valence-corrected chi connectivity index (χ2v) is 12.2. The van der Waals surface area contributed by atoms with Gasteiger partial charge in [0, 0.05) is 0 Å². The van der Waals surface area contributed by atoms with Crippen LogP contribution in [-0.4, -0.2) is 32.2 Å². The molecule has 1 aliphatic rings. The second kappa shape index (κ2) is 12.4. The standard InChI is InChI=1S/C20H41NSi/c1-4-19-22(5-2,6-3)20-21-17-15-13-11-9-7-8-10-12-14-16-18-21/h4,19H,5-18,20H2,1-3H3. The minimum Gasteiger partial charge on any atom is -0.306 e. The summed E-state index contributed by atoms with van der Waals surface area (Å²) in [5, 5.41) is 0. The van der Waals surface area contributed by atoms with Crippen molar-refractivity contribution in [3.63, 3.8) is 0 Å². The molecular weight excluding hydrogens is 282 g/mol. The Labute approximate surface area is 141 Å². The van der Waals surface area contributed by atoms with E-state index in [1.54, 1.807) is 0 Å². The molecule has 0 atom stereocenters. The zero-order valence-corrected chi connectivity index (χ0v) is 16.7. The number of hydrogen-bond donors (Lipinski definition) is 0. The van der Waals surface area contributed by atoms with E-state index in [-0.39, 0.29) is 0 Å². The minimum absolute atomic E-state index is 1.19. The average molecular weight is 324 g/mol. The third kappa shape index (κ3) is 7.96. The Morgan fingerprint density at radius 2 is 1.14 bits per heavy atom. The summed E-state index contributed by atoms with van der Waals surface area (Å²) in [6.45, 7) is 9.78. The van der Waals surface area contributed by atoms with Gasteiger partial charge in [-0.25, -0.2) is 0 Å². The Balaban J connectivity index is 2.57. The van der Waals surface area contributed by atoms with Crippen LogP contribution in [-0.2, 0) is 0 Å². The zero-order chi connectivity index (χ0) is 16.1. The van der Waals surface area contributed by atoms with Crippen molar-refractivity contribution in [3.8, 4) is 0 Å². The van der Waals surface area contributed by atoms with Gasteiger partial charge in [-0.05, 0) is 39.0 Å². The Kier molecular flexibility index (Phi) is 11.2. The maximum atomic E-state index is 2.84. The highest BCUT2D eigenvalue weighted by Gasteiger charge is 2.28. The molecule has 0 N–H and O–H groups in total. The predicted octanol–water partition coefficient (Wildman–Crippen LogP) is 6.35. The van der Waals surface area contributed by atoms with E-state index in [9.17, 15) is 0 Å². The first-order valence-corrected chi connectivity index (χ1v) is 12.8. The smallest absolute Gasteiger partial charge is 0.0912 e. The highest BCUT2D eigenvalue weighted by atomic mass is 28.3. The maximum absolute atomic E-state index is 2.84. The summed E-state index contributed by atoms with van der Waals surface area (Å²) in [4.78, 5) is 2.84. The third-order valence-corrected chi connectivity index (χ3v) is 10.6. The molecule has 0 spiro atoms. The average Bonchev–Trinajstić information content (AvgIpc) is 2.56. The van der Waals surface area contributed by atoms with Crippen LogP contribution in [0.3, 0.4) is 0 Å². The zero-order valence-electron chi connectivity index (χ0n) is 15.7. The van der Waals surface area contributed by atoms with Gasteiger partial charge in [0.1, 0.15) is 0 Å². The van der Waals surface area contributed by atoms with E-state index in [0.29, 0.717) is 0 Å². The van der Waals surface area contributed by atoms with E-state index in [4.69, 9.17) is 0 Å². The molecule has 1 rings (SSSR count). The van der Waals surface area contributed by atoms with E-state index in [1.807, 2.05) is 0 Å². The first kappa shape index (κ1) is 20.0. The molecule has 1 aliphatic heterocycles. The summed E-state index contributed by atoms with van der Waals surface area (Å²) in [6.07, 6.45) is 18.3. The molecule has 1 nitrogen and oxygen atoms in total. The number of allylic oxidation sites excluding steroid dienone is 1. The van der Waals surface area contributed by atoms with Crippen LogP contribution in [0.1, 0.15) is 85.0 Å². The first-order valence-electron chi connectivity index (χ1n) is 10.1. The summed E-state index contributed by atoms with van der Waals surface area (Å²) < 4.78 is 0. The van der Waals surface area contributed by atoms with Crippen molar-refractivity contribution in [2.45, 2.75) is 97.1 Å². The molecule has 0 bridgehead atoms. The summed E-state index contributed by atoms with van der Waals surface area (Å²) in [5.74, 6) is 0. The second-order valence-electron chi connectivity index (χ2n) is 7.38. The van der Waals surface area contributed by atoms with E-state index in [2.05, 4.69) is 37.4 Å². The van der Waals surface area contributed by atoms with Crippen molar-refractivity contribution in [1.29, 1.82) is 0 Å². The van der Waals surface area contributed by atoms with Crippen LogP contribution < -0.4 is 0 Å². The topological polar surface area (TPSA) is 3.24 Å². The quantitative estimate of drug-likeness (QED) is 0.533. The monoisotopic (exact) mass is 323 g/mol. The van der Waals surface area contributed by atoms with Crippen molar-refractivity contribution in [3.05, 3.63) is 11.8 Å². The van der Waals surface area contributed by atoms with Crippen LogP contribution in [0.5, 0.6) is 0 Å². The van der Waals surface area contributed by atoms with Gasteiger partial charge in [0.2, 0.25) is 0 Å². The first-order chi connectivity index (χ1) is 10.8. The number of rotatable bonds is 5. The van der Waals surface area contributed by atoms with Crippen LogP contribution in [0.2, 0.25) is 12.1 Å². The molecule has 1 saturated heterocycles. The fraction of sp³-hybridized carbons (Fsp3) is 0.900. The Morgan fingerprint density at radius 3 is 1.50 bits per heavy atom. The fourth-order valence-corrected chi connectivity index (χ4v) is 7.35. The van der Waals surface area contributed by atoms with Gasteiger partial charge < -0.3 is 4.90 Å². The molecular formula is C20H41NSi. The molecule has 130 valence electrons. The van der Waals surface area contributed by atoms with Crippen molar-refractivity contribution < 1.29 is 0 Å². The highest BCUT2D eigenvalue weighted by Crippen LogP contribution is 2.20. The lowest BCUT2D eigenvalue weighted by Crippen LogP contribution is -2.46. The maximum Gasteiger partial charge on any atom is 0.0912 e. The van der Waals surface area contributed by atoms with Crippen molar-refractivity contribution >= 4 is 8.07 Å². The lowest BCUT2D eigenvalue weighted by atomic mass is 10.1. The van der Waals surface area contributed by atoms with Gasteiger partial charge in [0.15, 0.2) is 0 Å². The lowest BCUT2D eigenvalue weighted by molar-refractivity contribution is 0.295. The molecule has 0 aromatic heterocycles. The van der Waals surface area contributed by atoms with E-state index in [0.717, 1.165) is 0 Å². The van der Waals surface area contributed by atoms with Gasteiger partial charge in [-0.3, -0.25) is 0 Å². The number of nitrogens with zero attached hydrogens (tertiary/aromatic N) is 1. The van der Waals surface area contributed by atoms with Gasteiger partial charge >= 0.3 is 0 Å². The van der Waals surface area contributed by atoms with Crippen LogP contribution >= 0.6 is 0 Å². The summed E-state index contributed by atoms with van der Waals surface area (Å²) in [5.41, 5.74) is 2.62. The van der Waals surface area contributed by atoms with E-state index in [1.165, 1.54) is 95.6 Å². The molecule has 0 aromatic rings. The fourth-order valence-electron chi connectivity index (χ4n) is 3.92. The molecule has 2 heteroatoms. The van der Waals surface area contributed by atoms with E-state index >= 15 is 0 Å². The SMILES string of the molecule is CC=C[Si](CC)(CC)CN1CCCCCCCCCCCC1. The molecule has 0 aromatic carbocycles. The Morgan fingerprint density at radius 1 is 0.727 bits per heavy atom. The largest absolute Gasteiger partial charge is 0.306 e. The van der Waals surface area contributed by atoms with Crippen molar-refractivity contribution in [2.24, 2.45) is 0 Å². The third-order valence-electron chi connectivity index (χ3n) is 5.67. The molecule has 0 saturated carbocycles. The molecule has 1 heterocycles. The van der Waals surface area contributed by atoms with E-state index < -0.39 is 8.07 Å². The molecule has 0 unspecified atom stereocenters. The van der Waals surface area contributed by atoms with Crippen LogP contribution in [0, 0.1) is 0 Å². The molecule has 1 fully saturated rings. The lowest BCUT2D eigenvalue weighted by Gasteiger charge is -2.33. The van der Waals surface area contributed by atoms with Crippen LogP contribution in [0.15, 0.2) is 11.8 Å². The van der Waals surface area contributed by atoms with Crippen molar-refractivity contribution in [1.82, 2.24) is 4.90 Å². The minimum atomic E-state index is -1.19. The molecule has 0 radical (unpaired) electrons. The van der Waals surface area contributed by atoms with Crippen LogP contribution in [0.25, 0.3) is 0 Å².